The van der Waals surface area contributed by atoms with Crippen LogP contribution in [0.25, 0.3) is 33.0 Å². The van der Waals surface area contributed by atoms with E-state index in [4.69, 9.17) is 0 Å². The summed E-state index contributed by atoms with van der Waals surface area (Å²) in [5.41, 5.74) is 9.43. The fourth-order valence-electron chi connectivity index (χ4n) is 6.19. The summed E-state index contributed by atoms with van der Waals surface area (Å²) in [6, 6.07) is 36.0. The Balaban J connectivity index is 1.76. The van der Waals surface area contributed by atoms with E-state index in [1.165, 1.54) is 27.8 Å². The highest BCUT2D eigenvalue weighted by atomic mass is 16.4. The number of benzene rings is 5. The highest BCUT2D eigenvalue weighted by molar-refractivity contribution is 6.61. The summed E-state index contributed by atoms with van der Waals surface area (Å²) in [6.07, 6.45) is 0. The topological polar surface area (TPSA) is 40.5 Å². The molecule has 0 bridgehead atoms. The van der Waals surface area contributed by atoms with Crippen LogP contribution < -0.4 is 5.46 Å². The smallest absolute Gasteiger partial charge is 0.423 e. The maximum atomic E-state index is 10.4. The van der Waals surface area contributed by atoms with Crippen molar-refractivity contribution in [1.82, 2.24) is 0 Å². The van der Waals surface area contributed by atoms with Gasteiger partial charge in [-0.2, -0.15) is 0 Å². The molecule has 1 spiro atoms. The molecule has 32 heavy (non-hydrogen) atoms. The van der Waals surface area contributed by atoms with Gasteiger partial charge in [0.05, 0.1) is 5.41 Å². The van der Waals surface area contributed by atoms with Gasteiger partial charge in [-0.1, -0.05) is 103 Å². The molecular formula is C29H19BO2. The Labute approximate surface area is 186 Å². The Kier molecular flexibility index (Phi) is 3.48. The second-order valence-corrected chi connectivity index (χ2v) is 8.69. The van der Waals surface area contributed by atoms with Crippen LogP contribution in [0.1, 0.15) is 22.3 Å². The highest BCUT2D eigenvalue weighted by Gasteiger charge is 2.52. The van der Waals surface area contributed by atoms with Crippen LogP contribution in [0, 0.1) is 0 Å². The van der Waals surface area contributed by atoms with Gasteiger partial charge in [-0.05, 0) is 60.7 Å². The van der Waals surface area contributed by atoms with Crippen molar-refractivity contribution < 1.29 is 10.0 Å². The third-order valence-corrected chi connectivity index (χ3v) is 7.31. The first kappa shape index (κ1) is 18.0. The molecule has 5 aromatic carbocycles. The van der Waals surface area contributed by atoms with Crippen molar-refractivity contribution in [2.24, 2.45) is 0 Å². The lowest BCUT2D eigenvalue weighted by Gasteiger charge is -2.30. The summed E-state index contributed by atoms with van der Waals surface area (Å²) in [4.78, 5) is 0. The number of fused-ring (bicyclic) bond motifs is 12. The molecule has 3 heteroatoms. The monoisotopic (exact) mass is 410 g/mol. The molecule has 7 rings (SSSR count). The van der Waals surface area contributed by atoms with Crippen LogP contribution in [-0.2, 0) is 5.41 Å². The standard InChI is InChI=1S/C29H19BO2/c31-30(32)26-15-7-14-24-28(26)27-19-9-2-1-8-18(19)16-17-25(27)29(24)22-12-5-3-10-20(22)21-11-4-6-13-23(21)29/h1-17,31-32H. The van der Waals surface area contributed by atoms with Gasteiger partial charge in [0.15, 0.2) is 0 Å². The van der Waals surface area contributed by atoms with E-state index in [-0.39, 0.29) is 0 Å². The molecule has 150 valence electrons. The average molecular weight is 410 g/mol. The predicted molar refractivity (Wildman–Crippen MR) is 130 cm³/mol. The van der Waals surface area contributed by atoms with Crippen molar-refractivity contribution in [3.05, 3.63) is 125 Å². The Hall–Kier alpha value is -3.66. The van der Waals surface area contributed by atoms with Crippen LogP contribution in [0.3, 0.4) is 0 Å². The third kappa shape index (κ3) is 1.98. The van der Waals surface area contributed by atoms with Gasteiger partial charge < -0.3 is 10.0 Å². The van der Waals surface area contributed by atoms with Gasteiger partial charge in [0, 0.05) is 0 Å². The quantitative estimate of drug-likeness (QED) is 0.380. The normalized spacial score (nSPS) is 14.2. The minimum absolute atomic E-state index is 0.479. The van der Waals surface area contributed by atoms with Crippen LogP contribution >= 0.6 is 0 Å². The first-order chi connectivity index (χ1) is 15.7. The summed E-state index contributed by atoms with van der Waals surface area (Å²) >= 11 is 0. The summed E-state index contributed by atoms with van der Waals surface area (Å²) in [7, 11) is -1.54. The second kappa shape index (κ2) is 6.20. The summed E-state index contributed by atoms with van der Waals surface area (Å²) in [5.74, 6) is 0. The molecule has 2 nitrogen and oxygen atoms in total. The average Bonchev–Trinajstić information content (AvgIpc) is 3.31. The van der Waals surface area contributed by atoms with Gasteiger partial charge in [0.1, 0.15) is 0 Å². The molecule has 0 heterocycles. The van der Waals surface area contributed by atoms with Crippen molar-refractivity contribution in [3.8, 4) is 22.3 Å². The van der Waals surface area contributed by atoms with Gasteiger partial charge in [-0.25, -0.2) is 0 Å². The lowest BCUT2D eigenvalue weighted by Crippen LogP contribution is -2.33. The number of hydrogen-bond acceptors (Lipinski definition) is 2. The lowest BCUT2D eigenvalue weighted by atomic mass is 9.69. The zero-order chi connectivity index (χ0) is 21.4. The van der Waals surface area contributed by atoms with Crippen LogP contribution in [0.5, 0.6) is 0 Å². The Bertz CT molecular complexity index is 1520. The maximum Gasteiger partial charge on any atom is 0.489 e. The van der Waals surface area contributed by atoms with Gasteiger partial charge >= 0.3 is 7.12 Å². The Morgan fingerprint density at radius 3 is 1.81 bits per heavy atom. The second-order valence-electron chi connectivity index (χ2n) is 8.69. The molecular weight excluding hydrogens is 391 g/mol. The van der Waals surface area contributed by atoms with Crippen LogP contribution in [0.4, 0.5) is 0 Å². The molecule has 2 aliphatic rings. The molecule has 2 N–H and O–H groups in total. The zero-order valence-electron chi connectivity index (χ0n) is 17.3. The third-order valence-electron chi connectivity index (χ3n) is 7.31. The molecule has 0 saturated carbocycles. The molecule has 2 aliphatic carbocycles. The molecule has 0 amide bonds. The molecule has 5 aromatic rings. The molecule has 0 atom stereocenters. The van der Waals surface area contributed by atoms with Gasteiger partial charge in [-0.15, -0.1) is 0 Å². The van der Waals surface area contributed by atoms with Crippen LogP contribution in [-0.4, -0.2) is 17.2 Å². The SMILES string of the molecule is OB(O)c1cccc2c1-c1c(ccc3ccccc13)C21c2ccccc2-c2ccccc21. The summed E-state index contributed by atoms with van der Waals surface area (Å²) in [5, 5.41) is 23.0. The molecule has 0 aromatic heterocycles. The molecule has 0 radical (unpaired) electrons. The number of rotatable bonds is 1. The maximum absolute atomic E-state index is 10.4. The van der Waals surface area contributed by atoms with Crippen LogP contribution in [0.15, 0.2) is 103 Å². The fourth-order valence-corrected chi connectivity index (χ4v) is 6.19. The largest absolute Gasteiger partial charge is 0.489 e. The lowest BCUT2D eigenvalue weighted by molar-refractivity contribution is 0.426. The van der Waals surface area contributed by atoms with E-state index in [0.29, 0.717) is 5.46 Å². The molecule has 0 unspecified atom stereocenters. The van der Waals surface area contributed by atoms with Crippen molar-refractivity contribution >= 4 is 23.4 Å². The zero-order valence-corrected chi connectivity index (χ0v) is 17.3. The first-order valence-electron chi connectivity index (χ1n) is 10.9. The van der Waals surface area contributed by atoms with E-state index in [1.807, 2.05) is 18.2 Å². The Morgan fingerprint density at radius 1 is 0.500 bits per heavy atom. The van der Waals surface area contributed by atoms with Gasteiger partial charge in [0.2, 0.25) is 0 Å². The van der Waals surface area contributed by atoms with Gasteiger partial charge in [-0.3, -0.25) is 0 Å². The van der Waals surface area contributed by atoms with E-state index in [0.717, 1.165) is 27.5 Å². The van der Waals surface area contributed by atoms with Crippen molar-refractivity contribution in [2.45, 2.75) is 5.41 Å². The molecule has 0 saturated heterocycles. The van der Waals surface area contributed by atoms with E-state index in [1.54, 1.807) is 0 Å². The fraction of sp³-hybridized carbons (Fsp3) is 0.0345. The van der Waals surface area contributed by atoms with Crippen molar-refractivity contribution in [3.63, 3.8) is 0 Å². The van der Waals surface area contributed by atoms with E-state index >= 15 is 0 Å². The predicted octanol–water partition coefficient (Wildman–Crippen LogP) is 4.86. The van der Waals surface area contributed by atoms with Gasteiger partial charge in [0.25, 0.3) is 0 Å². The first-order valence-corrected chi connectivity index (χ1v) is 10.9. The number of hydrogen-bond donors (Lipinski definition) is 2. The Morgan fingerprint density at radius 2 is 1.09 bits per heavy atom. The van der Waals surface area contributed by atoms with Crippen molar-refractivity contribution in [1.29, 1.82) is 0 Å². The minimum atomic E-state index is -1.54. The van der Waals surface area contributed by atoms with Crippen LogP contribution in [0.2, 0.25) is 0 Å². The minimum Gasteiger partial charge on any atom is -0.423 e. The molecule has 0 fully saturated rings. The van der Waals surface area contributed by atoms with Crippen molar-refractivity contribution in [2.75, 3.05) is 0 Å². The summed E-state index contributed by atoms with van der Waals surface area (Å²) < 4.78 is 0. The highest BCUT2D eigenvalue weighted by Crippen LogP contribution is 2.63. The van der Waals surface area contributed by atoms with E-state index < -0.39 is 12.5 Å². The van der Waals surface area contributed by atoms with E-state index in [2.05, 4.69) is 84.9 Å². The van der Waals surface area contributed by atoms with E-state index in [9.17, 15) is 10.0 Å². The summed E-state index contributed by atoms with van der Waals surface area (Å²) in [6.45, 7) is 0. The molecule has 0 aliphatic heterocycles.